The van der Waals surface area contributed by atoms with Crippen molar-refractivity contribution in [3.8, 4) is 0 Å². The van der Waals surface area contributed by atoms with E-state index in [1.54, 1.807) is 25.3 Å². The average Bonchev–Trinajstić information content (AvgIpc) is 2.84. The molecular weight excluding hydrogens is 268 g/mol. The van der Waals surface area contributed by atoms with Crippen LogP contribution in [0.1, 0.15) is 21.6 Å². The molecule has 0 aliphatic heterocycles. The van der Waals surface area contributed by atoms with Gasteiger partial charge in [0, 0.05) is 18.4 Å². The van der Waals surface area contributed by atoms with Crippen LogP contribution in [0.3, 0.4) is 0 Å². The molecule has 6 heteroatoms. The number of nitrogens with zero attached hydrogens (tertiary/aromatic N) is 1. The summed E-state index contributed by atoms with van der Waals surface area (Å²) in [6, 6.07) is 8.99. The standard InChI is InChI=1S/C15H14N4O2/c1-9-11(3-2-6-16-9)14(20)17-8-10-4-5-12-13(7-10)19-15(21)18-12/h2-7H,8H2,1H3,(H,17,20)(H2,18,19,21). The van der Waals surface area contributed by atoms with Crippen molar-refractivity contribution >= 4 is 16.9 Å². The van der Waals surface area contributed by atoms with Gasteiger partial charge in [0.15, 0.2) is 0 Å². The number of aromatic nitrogens is 3. The molecule has 106 valence electrons. The highest BCUT2D eigenvalue weighted by molar-refractivity contribution is 5.95. The van der Waals surface area contributed by atoms with Gasteiger partial charge in [-0.2, -0.15) is 0 Å². The molecule has 2 aromatic heterocycles. The molecule has 21 heavy (non-hydrogen) atoms. The van der Waals surface area contributed by atoms with Crippen LogP contribution in [0.15, 0.2) is 41.3 Å². The van der Waals surface area contributed by atoms with Crippen LogP contribution in [0, 0.1) is 6.92 Å². The third kappa shape index (κ3) is 2.69. The molecule has 0 fully saturated rings. The summed E-state index contributed by atoms with van der Waals surface area (Å²) in [6.07, 6.45) is 1.66. The Morgan fingerprint density at radius 3 is 2.86 bits per heavy atom. The SMILES string of the molecule is Cc1ncccc1C(=O)NCc1ccc2[nH]c(=O)[nH]c2c1. The first-order chi connectivity index (χ1) is 10.1. The number of amides is 1. The molecule has 1 amide bonds. The van der Waals surface area contributed by atoms with Gasteiger partial charge < -0.3 is 15.3 Å². The lowest BCUT2D eigenvalue weighted by atomic mass is 10.1. The number of rotatable bonds is 3. The van der Waals surface area contributed by atoms with Crippen molar-refractivity contribution in [2.24, 2.45) is 0 Å². The Balaban J connectivity index is 1.75. The van der Waals surface area contributed by atoms with E-state index < -0.39 is 0 Å². The molecule has 3 N–H and O–H groups in total. The molecule has 0 spiro atoms. The van der Waals surface area contributed by atoms with Crippen LogP contribution >= 0.6 is 0 Å². The first-order valence-electron chi connectivity index (χ1n) is 6.54. The third-order valence-corrected chi connectivity index (χ3v) is 3.29. The maximum absolute atomic E-state index is 12.1. The summed E-state index contributed by atoms with van der Waals surface area (Å²) < 4.78 is 0. The Kier molecular flexibility index (Phi) is 3.27. The average molecular weight is 282 g/mol. The lowest BCUT2D eigenvalue weighted by Crippen LogP contribution is -2.23. The van der Waals surface area contributed by atoms with Gasteiger partial charge in [-0.1, -0.05) is 6.07 Å². The van der Waals surface area contributed by atoms with Crippen LogP contribution in [0.2, 0.25) is 0 Å². The molecule has 0 bridgehead atoms. The lowest BCUT2D eigenvalue weighted by Gasteiger charge is -2.07. The molecule has 0 atom stereocenters. The molecular formula is C15H14N4O2. The first kappa shape index (κ1) is 13.1. The monoisotopic (exact) mass is 282 g/mol. The Labute approximate surface area is 120 Å². The molecule has 1 aromatic carbocycles. The van der Waals surface area contributed by atoms with Crippen molar-refractivity contribution in [3.05, 3.63) is 63.8 Å². The smallest absolute Gasteiger partial charge is 0.323 e. The molecule has 0 saturated carbocycles. The van der Waals surface area contributed by atoms with E-state index in [9.17, 15) is 9.59 Å². The van der Waals surface area contributed by atoms with Crippen LogP contribution in [-0.2, 0) is 6.54 Å². The van der Waals surface area contributed by atoms with Crippen LogP contribution in [-0.4, -0.2) is 20.9 Å². The minimum absolute atomic E-state index is 0.164. The molecule has 0 saturated heterocycles. The minimum atomic E-state index is -0.239. The number of hydrogen-bond acceptors (Lipinski definition) is 3. The maximum atomic E-state index is 12.1. The second kappa shape index (κ2) is 5.24. The summed E-state index contributed by atoms with van der Waals surface area (Å²) in [7, 11) is 0. The largest absolute Gasteiger partial charge is 0.348 e. The van der Waals surface area contributed by atoms with Gasteiger partial charge in [-0.15, -0.1) is 0 Å². The number of imidazole rings is 1. The van der Waals surface area contributed by atoms with Gasteiger partial charge in [-0.3, -0.25) is 9.78 Å². The van der Waals surface area contributed by atoms with E-state index in [1.807, 2.05) is 18.2 Å². The van der Waals surface area contributed by atoms with E-state index in [4.69, 9.17) is 0 Å². The molecule has 0 unspecified atom stereocenters. The topological polar surface area (TPSA) is 90.6 Å². The zero-order chi connectivity index (χ0) is 14.8. The zero-order valence-electron chi connectivity index (χ0n) is 11.4. The van der Waals surface area contributed by atoms with Gasteiger partial charge in [0.25, 0.3) is 5.91 Å². The number of carbonyl (C=O) groups is 1. The van der Waals surface area contributed by atoms with E-state index in [1.165, 1.54) is 0 Å². The van der Waals surface area contributed by atoms with E-state index in [2.05, 4.69) is 20.3 Å². The Hall–Kier alpha value is -2.89. The third-order valence-electron chi connectivity index (χ3n) is 3.29. The van der Waals surface area contributed by atoms with Crippen LogP contribution in [0.25, 0.3) is 11.0 Å². The summed E-state index contributed by atoms with van der Waals surface area (Å²) in [6.45, 7) is 2.18. The predicted octanol–water partition coefficient (Wildman–Crippen LogP) is 1.49. The summed E-state index contributed by atoms with van der Waals surface area (Å²) in [5.41, 5.74) is 3.40. The predicted molar refractivity (Wildman–Crippen MR) is 79.1 cm³/mol. The fourth-order valence-corrected chi connectivity index (χ4v) is 2.19. The number of hydrogen-bond donors (Lipinski definition) is 3. The number of nitrogens with one attached hydrogen (secondary N) is 3. The fraction of sp³-hybridized carbons (Fsp3) is 0.133. The Morgan fingerprint density at radius 1 is 1.24 bits per heavy atom. The summed E-state index contributed by atoms with van der Waals surface area (Å²) in [4.78, 5) is 32.8. The van der Waals surface area contributed by atoms with Gasteiger partial charge >= 0.3 is 5.69 Å². The number of fused-ring (bicyclic) bond motifs is 1. The van der Waals surface area contributed by atoms with E-state index in [-0.39, 0.29) is 11.6 Å². The molecule has 3 aromatic rings. The number of aryl methyl sites for hydroxylation is 1. The molecule has 3 rings (SSSR count). The molecule has 0 radical (unpaired) electrons. The van der Waals surface area contributed by atoms with Crippen LogP contribution in [0.4, 0.5) is 0 Å². The second-order valence-electron chi connectivity index (χ2n) is 4.78. The van der Waals surface area contributed by atoms with Crippen molar-refractivity contribution in [2.45, 2.75) is 13.5 Å². The van der Waals surface area contributed by atoms with E-state index in [0.29, 0.717) is 17.8 Å². The van der Waals surface area contributed by atoms with Crippen molar-refractivity contribution in [1.29, 1.82) is 0 Å². The van der Waals surface area contributed by atoms with Gasteiger partial charge in [0.1, 0.15) is 0 Å². The highest BCUT2D eigenvalue weighted by Gasteiger charge is 2.09. The van der Waals surface area contributed by atoms with Gasteiger partial charge in [0.05, 0.1) is 16.6 Å². The van der Waals surface area contributed by atoms with Gasteiger partial charge in [0.2, 0.25) is 0 Å². The van der Waals surface area contributed by atoms with Crippen molar-refractivity contribution < 1.29 is 4.79 Å². The Morgan fingerprint density at radius 2 is 2.05 bits per heavy atom. The first-order valence-corrected chi connectivity index (χ1v) is 6.54. The molecule has 0 aliphatic rings. The highest BCUT2D eigenvalue weighted by atomic mass is 16.1. The van der Waals surface area contributed by atoms with Crippen molar-refractivity contribution in [3.63, 3.8) is 0 Å². The van der Waals surface area contributed by atoms with Gasteiger partial charge in [-0.25, -0.2) is 4.79 Å². The summed E-state index contributed by atoms with van der Waals surface area (Å²) in [5, 5.41) is 2.85. The quantitative estimate of drug-likeness (QED) is 0.679. The van der Waals surface area contributed by atoms with E-state index >= 15 is 0 Å². The normalized spacial score (nSPS) is 10.7. The summed E-state index contributed by atoms with van der Waals surface area (Å²) >= 11 is 0. The maximum Gasteiger partial charge on any atom is 0.323 e. The van der Waals surface area contributed by atoms with Gasteiger partial charge in [-0.05, 0) is 36.8 Å². The zero-order valence-corrected chi connectivity index (χ0v) is 11.4. The van der Waals surface area contributed by atoms with Crippen molar-refractivity contribution in [1.82, 2.24) is 20.3 Å². The number of H-pyrrole nitrogens is 2. The molecule has 0 aliphatic carbocycles. The summed E-state index contributed by atoms with van der Waals surface area (Å²) in [5.74, 6) is -0.164. The second-order valence-corrected chi connectivity index (χ2v) is 4.78. The number of benzene rings is 1. The van der Waals surface area contributed by atoms with E-state index in [0.717, 1.165) is 16.6 Å². The lowest BCUT2D eigenvalue weighted by molar-refractivity contribution is 0.0950. The fourth-order valence-electron chi connectivity index (χ4n) is 2.19. The van der Waals surface area contributed by atoms with Crippen LogP contribution in [0.5, 0.6) is 0 Å². The van der Waals surface area contributed by atoms with Crippen LogP contribution < -0.4 is 11.0 Å². The van der Waals surface area contributed by atoms with Crippen molar-refractivity contribution in [2.75, 3.05) is 0 Å². The minimum Gasteiger partial charge on any atom is -0.348 e. The highest BCUT2D eigenvalue weighted by Crippen LogP contribution is 2.10. The molecule has 6 nitrogen and oxygen atoms in total. The molecule has 2 heterocycles. The Bertz CT molecular complexity index is 863. The number of carbonyl (C=O) groups excluding carboxylic acids is 1. The number of aromatic amines is 2. The number of pyridine rings is 1.